The summed E-state index contributed by atoms with van der Waals surface area (Å²) in [6.45, 7) is 3.18. The zero-order valence-electron chi connectivity index (χ0n) is 17.7. The van der Waals surface area contributed by atoms with E-state index in [-0.39, 0.29) is 17.5 Å². The van der Waals surface area contributed by atoms with Crippen LogP contribution in [0.2, 0.25) is 0 Å². The average molecular weight is 427 g/mol. The number of benzene rings is 1. The number of furan rings is 1. The maximum atomic E-state index is 14.6. The Bertz CT molecular complexity index is 1080. The molecule has 0 saturated carbocycles. The maximum absolute atomic E-state index is 14.6. The van der Waals surface area contributed by atoms with Crippen LogP contribution in [-0.2, 0) is 16.0 Å². The Morgan fingerprint density at radius 3 is 3.00 bits per heavy atom. The number of ether oxygens (including phenoxy) is 1. The molecule has 0 bridgehead atoms. The first-order chi connectivity index (χ1) is 15.0. The molecule has 0 radical (unpaired) electrons. The number of methoxy groups -OCH3 is 1. The predicted molar refractivity (Wildman–Crippen MR) is 115 cm³/mol. The van der Waals surface area contributed by atoms with Gasteiger partial charge in [0.1, 0.15) is 5.69 Å². The van der Waals surface area contributed by atoms with Gasteiger partial charge in [-0.1, -0.05) is 0 Å². The lowest BCUT2D eigenvalue weighted by Crippen LogP contribution is -2.43. The summed E-state index contributed by atoms with van der Waals surface area (Å²) in [5, 5.41) is 10.1. The molecule has 1 aliphatic rings. The smallest absolute Gasteiger partial charge is 0.306 e. The summed E-state index contributed by atoms with van der Waals surface area (Å²) in [4.78, 5) is 23.1. The van der Waals surface area contributed by atoms with Gasteiger partial charge in [-0.15, -0.1) is 0 Å². The number of hydrogen-bond acceptors (Lipinski definition) is 6. The molecule has 4 rings (SSSR count). The summed E-state index contributed by atoms with van der Waals surface area (Å²) in [5.41, 5.74) is 2.24. The van der Waals surface area contributed by atoms with Crippen LogP contribution in [0.5, 0.6) is 0 Å². The van der Waals surface area contributed by atoms with Gasteiger partial charge in [-0.25, -0.2) is 9.37 Å². The first kappa shape index (κ1) is 21.2. The number of carboxylic acids is 1. The molecule has 164 valence electrons. The van der Waals surface area contributed by atoms with Crippen molar-refractivity contribution >= 4 is 22.8 Å². The van der Waals surface area contributed by atoms with E-state index < -0.39 is 11.8 Å². The minimum Gasteiger partial charge on any atom is -0.481 e. The van der Waals surface area contributed by atoms with Crippen LogP contribution < -0.4 is 4.90 Å². The molecule has 1 aliphatic heterocycles. The topological polar surface area (TPSA) is 88.7 Å². The molecule has 0 aliphatic carbocycles. The van der Waals surface area contributed by atoms with E-state index in [4.69, 9.17) is 14.1 Å². The zero-order valence-corrected chi connectivity index (χ0v) is 17.7. The molecule has 0 spiro atoms. The number of halogens is 1. The van der Waals surface area contributed by atoms with Crippen molar-refractivity contribution in [2.24, 2.45) is 5.92 Å². The van der Waals surface area contributed by atoms with Crippen molar-refractivity contribution in [1.29, 1.82) is 0 Å². The summed E-state index contributed by atoms with van der Waals surface area (Å²) in [6.07, 6.45) is 5.77. The summed E-state index contributed by atoms with van der Waals surface area (Å²) < 4.78 is 25.0. The Balaban J connectivity index is 1.74. The molecule has 2 atom stereocenters. The molecule has 1 fully saturated rings. The summed E-state index contributed by atoms with van der Waals surface area (Å²) in [7, 11) is 1.66. The Morgan fingerprint density at radius 1 is 1.42 bits per heavy atom. The SMILES string of the molecule is COCCCc1cnc(-c2cc(F)c3occc3c2)c(N2CC[C@H](C(=O)O)C[C@@H]2C)n1. The van der Waals surface area contributed by atoms with Gasteiger partial charge < -0.3 is 19.2 Å². The second kappa shape index (κ2) is 9.01. The van der Waals surface area contributed by atoms with Crippen LogP contribution >= 0.6 is 0 Å². The molecule has 2 aromatic heterocycles. The number of rotatable bonds is 7. The van der Waals surface area contributed by atoms with Crippen LogP contribution in [0.1, 0.15) is 31.9 Å². The van der Waals surface area contributed by atoms with Gasteiger partial charge >= 0.3 is 5.97 Å². The normalized spacial score (nSPS) is 19.1. The monoisotopic (exact) mass is 427 g/mol. The third kappa shape index (κ3) is 4.39. The lowest BCUT2D eigenvalue weighted by atomic mass is 9.91. The van der Waals surface area contributed by atoms with Gasteiger partial charge in [-0.2, -0.15) is 0 Å². The van der Waals surface area contributed by atoms with E-state index in [1.54, 1.807) is 19.4 Å². The number of hydrogen-bond donors (Lipinski definition) is 1. The van der Waals surface area contributed by atoms with Crippen LogP contribution in [-0.4, -0.2) is 47.3 Å². The molecule has 8 heteroatoms. The lowest BCUT2D eigenvalue weighted by molar-refractivity contribution is -0.142. The first-order valence-electron chi connectivity index (χ1n) is 10.5. The molecule has 3 heterocycles. The molecular weight excluding hydrogens is 401 g/mol. The van der Waals surface area contributed by atoms with Gasteiger partial charge in [0.2, 0.25) is 0 Å². The molecule has 1 N–H and O–H groups in total. The van der Waals surface area contributed by atoms with Crippen LogP contribution in [0.4, 0.5) is 10.2 Å². The second-order valence-electron chi connectivity index (χ2n) is 8.03. The highest BCUT2D eigenvalue weighted by molar-refractivity contribution is 5.85. The summed E-state index contributed by atoms with van der Waals surface area (Å²) >= 11 is 0. The standard InChI is InChI=1S/C23H26FN3O4/c1-14-10-16(23(28)29)5-7-27(14)22-20(25-13-18(26-22)4-3-8-30-2)17-11-15-6-9-31-21(15)19(24)12-17/h6,9,11-14,16H,3-5,7-8,10H2,1-2H3,(H,28,29)/t14-,16-/m0/s1. The molecule has 1 saturated heterocycles. The molecule has 0 amide bonds. The summed E-state index contributed by atoms with van der Waals surface area (Å²) in [5.74, 6) is -0.925. The van der Waals surface area contributed by atoms with Crippen molar-refractivity contribution in [3.05, 3.63) is 42.2 Å². The third-order valence-corrected chi connectivity index (χ3v) is 5.86. The molecular formula is C23H26FN3O4. The van der Waals surface area contributed by atoms with Crippen molar-refractivity contribution in [2.75, 3.05) is 25.2 Å². The quantitative estimate of drug-likeness (QED) is 0.563. The number of aryl methyl sites for hydroxylation is 1. The van der Waals surface area contributed by atoms with E-state index in [0.717, 1.165) is 12.1 Å². The van der Waals surface area contributed by atoms with Gasteiger partial charge in [0.25, 0.3) is 0 Å². The van der Waals surface area contributed by atoms with Gasteiger partial charge in [-0.05, 0) is 50.8 Å². The van der Waals surface area contributed by atoms with Crippen LogP contribution in [0.15, 0.2) is 35.1 Å². The highest BCUT2D eigenvalue weighted by Gasteiger charge is 2.32. The number of piperidine rings is 1. The number of aliphatic carboxylic acids is 1. The minimum atomic E-state index is -0.765. The number of aromatic nitrogens is 2. The van der Waals surface area contributed by atoms with E-state index in [1.807, 2.05) is 13.0 Å². The Kier molecular flexibility index (Phi) is 6.18. The van der Waals surface area contributed by atoms with Crippen molar-refractivity contribution in [2.45, 2.75) is 38.6 Å². The number of carboxylic acid groups (broad SMARTS) is 1. The van der Waals surface area contributed by atoms with Crippen LogP contribution in [0, 0.1) is 11.7 Å². The van der Waals surface area contributed by atoms with Gasteiger partial charge in [0.15, 0.2) is 17.2 Å². The molecule has 7 nitrogen and oxygen atoms in total. The number of anilines is 1. The van der Waals surface area contributed by atoms with E-state index in [1.165, 1.54) is 12.3 Å². The fourth-order valence-corrected chi connectivity index (χ4v) is 4.22. The van der Waals surface area contributed by atoms with Crippen molar-refractivity contribution < 1.29 is 23.4 Å². The highest BCUT2D eigenvalue weighted by atomic mass is 19.1. The molecule has 1 aromatic carbocycles. The molecule has 31 heavy (non-hydrogen) atoms. The van der Waals surface area contributed by atoms with Crippen molar-refractivity contribution in [1.82, 2.24) is 9.97 Å². The Hall–Kier alpha value is -3.00. The zero-order chi connectivity index (χ0) is 22.0. The van der Waals surface area contributed by atoms with Gasteiger partial charge in [0.05, 0.1) is 17.9 Å². The fraction of sp³-hybridized carbons (Fsp3) is 0.435. The predicted octanol–water partition coefficient (Wildman–Crippen LogP) is 4.30. The van der Waals surface area contributed by atoms with E-state index in [0.29, 0.717) is 54.9 Å². The first-order valence-corrected chi connectivity index (χ1v) is 10.5. The lowest BCUT2D eigenvalue weighted by Gasteiger charge is -2.38. The summed E-state index contributed by atoms with van der Waals surface area (Å²) in [6, 6.07) is 4.95. The van der Waals surface area contributed by atoms with Crippen molar-refractivity contribution in [3.8, 4) is 11.3 Å². The highest BCUT2D eigenvalue weighted by Crippen LogP contribution is 2.35. The largest absolute Gasteiger partial charge is 0.481 e. The van der Waals surface area contributed by atoms with Crippen LogP contribution in [0.3, 0.4) is 0 Å². The van der Waals surface area contributed by atoms with E-state index in [2.05, 4.69) is 9.88 Å². The fourth-order valence-electron chi connectivity index (χ4n) is 4.22. The van der Waals surface area contributed by atoms with E-state index >= 15 is 0 Å². The Morgan fingerprint density at radius 2 is 2.26 bits per heavy atom. The second-order valence-corrected chi connectivity index (χ2v) is 8.03. The minimum absolute atomic E-state index is 0.0281. The maximum Gasteiger partial charge on any atom is 0.306 e. The number of carbonyl (C=O) groups is 1. The molecule has 0 unspecified atom stereocenters. The van der Waals surface area contributed by atoms with Gasteiger partial charge in [-0.3, -0.25) is 9.78 Å². The average Bonchev–Trinajstić information content (AvgIpc) is 3.23. The number of nitrogens with zero attached hydrogens (tertiary/aromatic N) is 3. The van der Waals surface area contributed by atoms with Gasteiger partial charge in [0, 0.05) is 43.4 Å². The number of fused-ring (bicyclic) bond motifs is 1. The van der Waals surface area contributed by atoms with Crippen molar-refractivity contribution in [3.63, 3.8) is 0 Å². The molecule has 3 aromatic rings. The van der Waals surface area contributed by atoms with E-state index in [9.17, 15) is 14.3 Å². The third-order valence-electron chi connectivity index (χ3n) is 5.86. The van der Waals surface area contributed by atoms with Crippen LogP contribution in [0.25, 0.3) is 22.2 Å². The Labute approximate surface area is 179 Å².